The molecule has 0 saturated carbocycles. The number of carbonyl (C=O) groups excluding carboxylic acids is 1. The molecule has 2 aromatic carbocycles. The fourth-order valence-corrected chi connectivity index (χ4v) is 2.63. The molecule has 1 atom stereocenters. The molecular weight excluding hydrogens is 294 g/mol. The molecule has 0 fully saturated rings. The number of nitro groups is 1. The van der Waals surface area contributed by atoms with Crippen LogP contribution in [-0.2, 0) is 4.74 Å². The maximum absolute atomic E-state index is 11.3. The van der Waals surface area contributed by atoms with E-state index in [1.54, 1.807) is 12.1 Å². The van der Waals surface area contributed by atoms with Gasteiger partial charge in [0, 0.05) is 21.6 Å². The zero-order valence-corrected chi connectivity index (χ0v) is 12.6. The molecule has 0 N–H and O–H groups in total. The predicted octanol–water partition coefficient (Wildman–Crippen LogP) is 3.74. The molecule has 1 aliphatic heterocycles. The minimum Gasteiger partial charge on any atom is -0.478 e. The number of rotatable bonds is 4. The molecule has 0 bridgehead atoms. The summed E-state index contributed by atoms with van der Waals surface area (Å²) in [5, 5.41) is 10.8. The Morgan fingerprint density at radius 2 is 1.91 bits per heavy atom. The number of carbonyl (C=O) groups is 1. The van der Waals surface area contributed by atoms with Crippen molar-refractivity contribution in [2.45, 2.75) is 13.0 Å². The Bertz CT molecular complexity index is 793. The molecule has 0 radical (unpaired) electrons. The first kappa shape index (κ1) is 15.0. The van der Waals surface area contributed by atoms with Gasteiger partial charge in [-0.25, -0.2) is 0 Å². The van der Waals surface area contributed by atoms with Crippen LogP contribution >= 0.6 is 0 Å². The molecule has 3 rings (SSSR count). The van der Waals surface area contributed by atoms with Crippen LogP contribution in [0.25, 0.3) is 11.8 Å². The fourth-order valence-electron chi connectivity index (χ4n) is 2.63. The van der Waals surface area contributed by atoms with Crippen molar-refractivity contribution in [1.82, 2.24) is 0 Å². The second kappa shape index (κ2) is 6.04. The Labute approximate surface area is 133 Å². The Hall–Kier alpha value is -2.95. The van der Waals surface area contributed by atoms with Crippen LogP contribution in [0, 0.1) is 10.1 Å². The summed E-state index contributed by atoms with van der Waals surface area (Å²) < 4.78 is 5.78. The molecule has 116 valence electrons. The molecule has 0 aliphatic carbocycles. The first-order valence-corrected chi connectivity index (χ1v) is 7.25. The van der Waals surface area contributed by atoms with E-state index >= 15 is 0 Å². The molecule has 0 saturated heterocycles. The zero-order valence-electron chi connectivity index (χ0n) is 12.6. The SMILES string of the molecule is CC(=O)c1ccc(/C=C2\OC(C[N+](=O)[O-])c3ccccc32)cc1. The summed E-state index contributed by atoms with van der Waals surface area (Å²) >= 11 is 0. The molecule has 1 unspecified atom stereocenters. The van der Waals surface area contributed by atoms with Gasteiger partial charge in [-0.15, -0.1) is 0 Å². The summed E-state index contributed by atoms with van der Waals surface area (Å²) in [7, 11) is 0. The Balaban J connectivity index is 1.93. The highest BCUT2D eigenvalue weighted by Gasteiger charge is 2.31. The minimum atomic E-state index is -0.566. The lowest BCUT2D eigenvalue weighted by molar-refractivity contribution is -0.490. The van der Waals surface area contributed by atoms with E-state index in [-0.39, 0.29) is 17.3 Å². The summed E-state index contributed by atoms with van der Waals surface area (Å²) in [6, 6.07) is 14.6. The lowest BCUT2D eigenvalue weighted by atomic mass is 10.0. The maximum atomic E-state index is 11.3. The van der Waals surface area contributed by atoms with Gasteiger partial charge in [0.2, 0.25) is 6.54 Å². The average molecular weight is 309 g/mol. The topological polar surface area (TPSA) is 69.4 Å². The van der Waals surface area contributed by atoms with E-state index in [2.05, 4.69) is 0 Å². The minimum absolute atomic E-state index is 0.0118. The standard InChI is InChI=1S/C18H15NO4/c1-12(20)14-8-6-13(7-9-14)10-17-15-4-2-3-5-16(15)18(23-17)11-19(21)22/h2-10,18H,11H2,1H3/b17-10-. The van der Waals surface area contributed by atoms with Crippen LogP contribution in [0.2, 0.25) is 0 Å². The summed E-state index contributed by atoms with van der Waals surface area (Å²) in [5.74, 6) is 0.626. The van der Waals surface area contributed by atoms with Crippen molar-refractivity contribution in [3.8, 4) is 0 Å². The number of Topliss-reactive ketones (excluding diaryl/α,β-unsaturated/α-hetero) is 1. The molecule has 5 nitrogen and oxygen atoms in total. The van der Waals surface area contributed by atoms with Crippen molar-refractivity contribution in [2.24, 2.45) is 0 Å². The summed E-state index contributed by atoms with van der Waals surface area (Å²) in [6.07, 6.45) is 1.27. The Kier molecular flexibility index (Phi) is 3.93. The van der Waals surface area contributed by atoms with Crippen LogP contribution in [-0.4, -0.2) is 17.3 Å². The number of benzene rings is 2. The van der Waals surface area contributed by atoms with E-state index in [4.69, 9.17) is 4.74 Å². The van der Waals surface area contributed by atoms with Gasteiger partial charge >= 0.3 is 0 Å². The van der Waals surface area contributed by atoms with Gasteiger partial charge in [0.15, 0.2) is 11.9 Å². The van der Waals surface area contributed by atoms with Gasteiger partial charge in [-0.1, -0.05) is 48.5 Å². The number of ether oxygens (including phenoxy) is 1. The van der Waals surface area contributed by atoms with E-state index in [1.807, 2.05) is 42.5 Å². The molecule has 1 aliphatic rings. The van der Waals surface area contributed by atoms with Gasteiger partial charge < -0.3 is 4.74 Å². The monoisotopic (exact) mass is 309 g/mol. The third-order valence-electron chi connectivity index (χ3n) is 3.77. The van der Waals surface area contributed by atoms with E-state index in [0.717, 1.165) is 16.7 Å². The quantitative estimate of drug-likeness (QED) is 0.490. The number of ketones is 1. The van der Waals surface area contributed by atoms with Gasteiger partial charge in [-0.2, -0.15) is 0 Å². The molecular formula is C18H15NO4. The van der Waals surface area contributed by atoms with E-state index < -0.39 is 6.10 Å². The molecule has 5 heteroatoms. The van der Waals surface area contributed by atoms with Gasteiger partial charge in [0.1, 0.15) is 5.76 Å². The number of hydrogen-bond acceptors (Lipinski definition) is 4. The number of hydrogen-bond donors (Lipinski definition) is 0. The van der Waals surface area contributed by atoms with E-state index in [0.29, 0.717) is 11.3 Å². The van der Waals surface area contributed by atoms with Crippen LogP contribution in [0.15, 0.2) is 48.5 Å². The molecule has 2 aromatic rings. The predicted molar refractivity (Wildman–Crippen MR) is 86.4 cm³/mol. The molecule has 0 amide bonds. The second-order valence-electron chi connectivity index (χ2n) is 5.40. The lowest BCUT2D eigenvalue weighted by Gasteiger charge is -2.06. The van der Waals surface area contributed by atoms with Crippen LogP contribution in [0.1, 0.15) is 40.1 Å². The largest absolute Gasteiger partial charge is 0.478 e. The average Bonchev–Trinajstić information content (AvgIpc) is 2.85. The third-order valence-corrected chi connectivity index (χ3v) is 3.77. The maximum Gasteiger partial charge on any atom is 0.244 e. The van der Waals surface area contributed by atoms with Gasteiger partial charge in [-0.05, 0) is 18.6 Å². The summed E-state index contributed by atoms with van der Waals surface area (Å²) in [5.41, 5.74) is 3.22. The highest BCUT2D eigenvalue weighted by atomic mass is 16.6. The molecule has 0 spiro atoms. The first-order chi connectivity index (χ1) is 11.0. The van der Waals surface area contributed by atoms with Crippen molar-refractivity contribution in [2.75, 3.05) is 6.54 Å². The lowest BCUT2D eigenvalue weighted by Crippen LogP contribution is -2.11. The van der Waals surface area contributed by atoms with Crippen LogP contribution in [0.3, 0.4) is 0 Å². The smallest absolute Gasteiger partial charge is 0.244 e. The van der Waals surface area contributed by atoms with Gasteiger partial charge in [0.25, 0.3) is 0 Å². The molecule has 1 heterocycles. The van der Waals surface area contributed by atoms with E-state index in [9.17, 15) is 14.9 Å². The van der Waals surface area contributed by atoms with Crippen LogP contribution < -0.4 is 0 Å². The van der Waals surface area contributed by atoms with Crippen molar-refractivity contribution < 1.29 is 14.5 Å². The first-order valence-electron chi connectivity index (χ1n) is 7.25. The highest BCUT2D eigenvalue weighted by molar-refractivity contribution is 5.94. The number of nitrogens with zero attached hydrogens (tertiary/aromatic N) is 1. The number of fused-ring (bicyclic) bond motifs is 1. The van der Waals surface area contributed by atoms with Gasteiger partial charge in [0.05, 0.1) is 0 Å². The highest BCUT2D eigenvalue weighted by Crippen LogP contribution is 2.39. The zero-order chi connectivity index (χ0) is 16.4. The van der Waals surface area contributed by atoms with Gasteiger partial charge in [-0.3, -0.25) is 14.9 Å². The normalized spacial score (nSPS) is 17.6. The van der Waals surface area contributed by atoms with E-state index in [1.165, 1.54) is 6.92 Å². The van der Waals surface area contributed by atoms with Crippen molar-refractivity contribution in [3.63, 3.8) is 0 Å². The molecule has 0 aromatic heterocycles. The van der Waals surface area contributed by atoms with Crippen molar-refractivity contribution >= 4 is 17.6 Å². The second-order valence-corrected chi connectivity index (χ2v) is 5.40. The summed E-state index contributed by atoms with van der Waals surface area (Å²) in [6.45, 7) is 1.25. The summed E-state index contributed by atoms with van der Waals surface area (Å²) in [4.78, 5) is 21.7. The van der Waals surface area contributed by atoms with Crippen LogP contribution in [0.5, 0.6) is 0 Å². The Morgan fingerprint density at radius 1 is 1.22 bits per heavy atom. The van der Waals surface area contributed by atoms with Crippen molar-refractivity contribution in [3.05, 3.63) is 80.9 Å². The Morgan fingerprint density at radius 3 is 2.57 bits per heavy atom. The third kappa shape index (κ3) is 3.13. The molecule has 23 heavy (non-hydrogen) atoms. The van der Waals surface area contributed by atoms with Crippen molar-refractivity contribution in [1.29, 1.82) is 0 Å². The van der Waals surface area contributed by atoms with Crippen LogP contribution in [0.4, 0.5) is 0 Å². The fraction of sp³-hybridized carbons (Fsp3) is 0.167.